The van der Waals surface area contributed by atoms with Gasteiger partial charge in [-0.15, -0.1) is 0 Å². The van der Waals surface area contributed by atoms with E-state index >= 15 is 0 Å². The molecule has 0 spiro atoms. The summed E-state index contributed by atoms with van der Waals surface area (Å²) < 4.78 is 13.9. The molecule has 0 radical (unpaired) electrons. The van der Waals surface area contributed by atoms with Gasteiger partial charge in [0.1, 0.15) is 0 Å². The summed E-state index contributed by atoms with van der Waals surface area (Å²) >= 11 is 5.76. The zero-order valence-corrected chi connectivity index (χ0v) is 11.9. The number of halogens is 2. The Morgan fingerprint density at radius 3 is 3.00 bits per heavy atom. The number of hydrogen-bond acceptors (Lipinski definition) is 3. The second-order valence-corrected chi connectivity index (χ2v) is 6.08. The van der Waals surface area contributed by atoms with E-state index in [2.05, 4.69) is 21.8 Å². The summed E-state index contributed by atoms with van der Waals surface area (Å²) in [6.45, 7) is 2.96. The maximum Gasteiger partial charge on any atom is 0.167 e. The predicted octanol–water partition coefficient (Wildman–Crippen LogP) is 2.79. The summed E-state index contributed by atoms with van der Waals surface area (Å²) in [4.78, 5) is 8.69. The first-order valence-electron chi connectivity index (χ1n) is 6.91. The van der Waals surface area contributed by atoms with Crippen molar-refractivity contribution in [1.29, 1.82) is 0 Å². The molecule has 0 aliphatic carbocycles. The number of rotatable bonds is 1. The Hall–Kier alpha value is -0.870. The van der Waals surface area contributed by atoms with Crippen molar-refractivity contribution in [3.63, 3.8) is 0 Å². The molecule has 2 fully saturated rings. The summed E-state index contributed by atoms with van der Waals surface area (Å²) in [6.07, 6.45) is 5.09. The lowest BCUT2D eigenvalue weighted by atomic mass is 9.84. The first-order chi connectivity index (χ1) is 9.15. The number of likely N-dealkylation sites (tertiary alicyclic amines) is 1. The summed E-state index contributed by atoms with van der Waals surface area (Å²) in [5.41, 5.74) is 0. The first-order valence-corrected chi connectivity index (χ1v) is 7.29. The number of nitrogens with zero attached hydrogens (tertiary/aromatic N) is 3. The number of hydrogen-bond donors (Lipinski definition) is 0. The molecule has 0 N–H and O–H groups in total. The van der Waals surface area contributed by atoms with E-state index in [-0.39, 0.29) is 5.82 Å². The smallest absolute Gasteiger partial charge is 0.167 e. The van der Waals surface area contributed by atoms with Crippen LogP contribution in [0.5, 0.6) is 0 Å². The van der Waals surface area contributed by atoms with E-state index in [4.69, 9.17) is 11.6 Å². The van der Waals surface area contributed by atoms with Crippen molar-refractivity contribution in [3.05, 3.63) is 23.1 Å². The molecule has 2 saturated heterocycles. The lowest BCUT2D eigenvalue weighted by Crippen LogP contribution is -2.53. The molecule has 5 heteroatoms. The highest BCUT2D eigenvalue weighted by Crippen LogP contribution is 2.32. The molecule has 0 saturated carbocycles. The van der Waals surface area contributed by atoms with Gasteiger partial charge in [-0.05, 0) is 44.8 Å². The van der Waals surface area contributed by atoms with E-state index in [0.717, 1.165) is 19.5 Å². The molecule has 2 aliphatic rings. The molecule has 1 aromatic heterocycles. The molecule has 3 rings (SSSR count). The predicted molar refractivity (Wildman–Crippen MR) is 75.2 cm³/mol. The summed E-state index contributed by atoms with van der Waals surface area (Å²) in [6, 6.07) is 2.00. The van der Waals surface area contributed by atoms with Crippen molar-refractivity contribution in [2.24, 2.45) is 5.92 Å². The zero-order valence-electron chi connectivity index (χ0n) is 11.1. The normalized spacial score (nSPS) is 28.3. The lowest BCUT2D eigenvalue weighted by molar-refractivity contribution is 0.102. The Bertz CT molecular complexity index is 468. The quantitative estimate of drug-likeness (QED) is 0.790. The molecule has 2 aliphatic heterocycles. The number of aromatic nitrogens is 1. The van der Waals surface area contributed by atoms with Crippen LogP contribution in [0.2, 0.25) is 5.02 Å². The fourth-order valence-corrected chi connectivity index (χ4v) is 3.63. The second-order valence-electron chi connectivity index (χ2n) is 5.64. The van der Waals surface area contributed by atoms with Crippen molar-refractivity contribution in [1.82, 2.24) is 9.88 Å². The van der Waals surface area contributed by atoms with Crippen LogP contribution in [0.1, 0.15) is 19.3 Å². The molecule has 3 nitrogen and oxygen atoms in total. The molecule has 19 heavy (non-hydrogen) atoms. The Labute approximate surface area is 118 Å². The van der Waals surface area contributed by atoms with E-state index in [1.54, 1.807) is 0 Å². The minimum Gasteiger partial charge on any atom is -0.354 e. The molecular weight excluding hydrogens is 265 g/mol. The third kappa shape index (κ3) is 2.56. The average Bonchev–Trinajstić information content (AvgIpc) is 2.38. The molecule has 0 amide bonds. The number of piperidine rings is 2. The van der Waals surface area contributed by atoms with Crippen LogP contribution in [0, 0.1) is 11.7 Å². The Morgan fingerprint density at radius 2 is 2.21 bits per heavy atom. The summed E-state index contributed by atoms with van der Waals surface area (Å²) in [7, 11) is 2.20. The number of fused-ring (bicyclic) bond motifs is 1. The van der Waals surface area contributed by atoms with Crippen molar-refractivity contribution < 1.29 is 4.39 Å². The zero-order chi connectivity index (χ0) is 13.4. The van der Waals surface area contributed by atoms with Crippen LogP contribution in [-0.4, -0.2) is 42.6 Å². The van der Waals surface area contributed by atoms with Crippen LogP contribution in [0.25, 0.3) is 0 Å². The van der Waals surface area contributed by atoms with Crippen molar-refractivity contribution >= 4 is 17.4 Å². The Balaban J connectivity index is 1.77. The second kappa shape index (κ2) is 5.25. The maximum atomic E-state index is 13.9. The van der Waals surface area contributed by atoms with Gasteiger partial charge in [0.05, 0.1) is 5.02 Å². The van der Waals surface area contributed by atoms with Crippen LogP contribution in [0.4, 0.5) is 10.2 Å². The average molecular weight is 284 g/mol. The van der Waals surface area contributed by atoms with Gasteiger partial charge >= 0.3 is 0 Å². The lowest BCUT2D eigenvalue weighted by Gasteiger charge is -2.46. The molecule has 2 unspecified atom stereocenters. The van der Waals surface area contributed by atoms with Gasteiger partial charge in [-0.2, -0.15) is 0 Å². The molecule has 0 aromatic carbocycles. The highest BCUT2D eigenvalue weighted by molar-refractivity contribution is 6.30. The third-order valence-electron chi connectivity index (χ3n) is 4.43. The monoisotopic (exact) mass is 283 g/mol. The van der Waals surface area contributed by atoms with Crippen molar-refractivity contribution in [2.75, 3.05) is 31.6 Å². The fraction of sp³-hybridized carbons (Fsp3) is 0.643. The topological polar surface area (TPSA) is 19.4 Å². The highest BCUT2D eigenvalue weighted by Gasteiger charge is 2.35. The van der Waals surface area contributed by atoms with E-state index in [1.807, 2.05) is 0 Å². The van der Waals surface area contributed by atoms with Gasteiger partial charge in [0.2, 0.25) is 0 Å². The first kappa shape index (κ1) is 13.1. The van der Waals surface area contributed by atoms with Crippen LogP contribution in [0.15, 0.2) is 12.3 Å². The van der Waals surface area contributed by atoms with Gasteiger partial charge < -0.3 is 9.80 Å². The maximum absolute atomic E-state index is 13.9. The van der Waals surface area contributed by atoms with Gasteiger partial charge in [-0.3, -0.25) is 0 Å². The number of pyridine rings is 1. The standard InChI is InChI=1S/C14H19ClFN3/c1-18-5-2-3-10-9-19(6-4-13(10)18)14-12(16)7-11(15)8-17-14/h7-8,10,13H,2-6,9H2,1H3. The summed E-state index contributed by atoms with van der Waals surface area (Å²) in [5, 5.41) is 0.355. The van der Waals surface area contributed by atoms with Crippen LogP contribution >= 0.6 is 11.6 Å². The minimum absolute atomic E-state index is 0.310. The van der Waals surface area contributed by atoms with E-state index < -0.39 is 0 Å². The number of anilines is 1. The van der Waals surface area contributed by atoms with Crippen molar-refractivity contribution in [3.8, 4) is 0 Å². The van der Waals surface area contributed by atoms with Crippen LogP contribution in [-0.2, 0) is 0 Å². The third-order valence-corrected chi connectivity index (χ3v) is 4.64. The van der Waals surface area contributed by atoms with Crippen LogP contribution in [0.3, 0.4) is 0 Å². The van der Waals surface area contributed by atoms with Gasteiger partial charge in [-0.1, -0.05) is 11.6 Å². The van der Waals surface area contributed by atoms with E-state index in [9.17, 15) is 4.39 Å². The summed E-state index contributed by atoms with van der Waals surface area (Å²) in [5.74, 6) is 0.774. The SMILES string of the molecule is CN1CCCC2CN(c3ncc(Cl)cc3F)CCC21. The molecular formula is C14H19ClFN3. The van der Waals surface area contributed by atoms with Gasteiger partial charge in [-0.25, -0.2) is 9.37 Å². The molecule has 2 atom stereocenters. The molecule has 104 valence electrons. The van der Waals surface area contributed by atoms with E-state index in [1.165, 1.54) is 31.6 Å². The van der Waals surface area contributed by atoms with Gasteiger partial charge in [0.15, 0.2) is 11.6 Å². The van der Waals surface area contributed by atoms with Gasteiger partial charge in [0, 0.05) is 25.3 Å². The Kier molecular flexibility index (Phi) is 3.63. The fourth-order valence-electron chi connectivity index (χ4n) is 3.48. The van der Waals surface area contributed by atoms with Gasteiger partial charge in [0.25, 0.3) is 0 Å². The largest absolute Gasteiger partial charge is 0.354 e. The Morgan fingerprint density at radius 1 is 1.37 bits per heavy atom. The molecule has 1 aromatic rings. The van der Waals surface area contributed by atoms with E-state index in [0.29, 0.717) is 22.8 Å². The van der Waals surface area contributed by atoms with Crippen molar-refractivity contribution in [2.45, 2.75) is 25.3 Å². The minimum atomic E-state index is -0.310. The highest BCUT2D eigenvalue weighted by atomic mass is 35.5. The van der Waals surface area contributed by atoms with Crippen LogP contribution < -0.4 is 4.90 Å². The molecule has 0 bridgehead atoms. The molecule has 3 heterocycles.